The average Bonchev–Trinajstić information content (AvgIpc) is 2.08. The molecule has 0 aliphatic rings. The lowest BCUT2D eigenvalue weighted by molar-refractivity contribution is 0.0529. The van der Waals surface area contributed by atoms with Gasteiger partial charge in [-0.3, -0.25) is 0 Å². The first-order valence-electron chi connectivity index (χ1n) is 5.46. The highest BCUT2D eigenvalue weighted by molar-refractivity contribution is 5.69. The van der Waals surface area contributed by atoms with Gasteiger partial charge in [0.15, 0.2) is 0 Å². The van der Waals surface area contributed by atoms with Gasteiger partial charge in [-0.05, 0) is 33.6 Å². The summed E-state index contributed by atoms with van der Waals surface area (Å²) in [6.07, 6.45) is 5.58. The van der Waals surface area contributed by atoms with Crippen molar-refractivity contribution in [2.24, 2.45) is 5.10 Å². The van der Waals surface area contributed by atoms with Gasteiger partial charge in [0.2, 0.25) is 0 Å². The second-order valence-corrected chi connectivity index (χ2v) is 4.42. The first-order valence-corrected chi connectivity index (χ1v) is 5.46. The predicted molar refractivity (Wildman–Crippen MR) is 62.0 cm³/mol. The molecule has 0 heterocycles. The third-order valence-corrected chi connectivity index (χ3v) is 1.58. The van der Waals surface area contributed by atoms with E-state index in [0.29, 0.717) is 0 Å². The van der Waals surface area contributed by atoms with Crippen LogP contribution in [0.3, 0.4) is 0 Å². The van der Waals surface area contributed by atoms with E-state index < -0.39 is 11.7 Å². The molecule has 4 nitrogen and oxygen atoms in total. The Morgan fingerprint density at radius 3 is 2.60 bits per heavy atom. The van der Waals surface area contributed by atoms with Gasteiger partial charge >= 0.3 is 6.09 Å². The number of hydrazone groups is 1. The lowest BCUT2D eigenvalue weighted by Crippen LogP contribution is -2.29. The molecule has 0 spiro atoms. The average molecular weight is 214 g/mol. The summed E-state index contributed by atoms with van der Waals surface area (Å²) in [5.41, 5.74) is 1.85. The van der Waals surface area contributed by atoms with Gasteiger partial charge in [-0.15, -0.1) is 0 Å². The number of rotatable bonds is 5. The summed E-state index contributed by atoms with van der Waals surface area (Å²) in [5.74, 6) is 0. The SMILES string of the molecule is CCCCC/C=N\NC(=O)OC(C)(C)C. The maximum atomic E-state index is 11.1. The van der Waals surface area contributed by atoms with Crippen molar-refractivity contribution in [1.29, 1.82) is 0 Å². The van der Waals surface area contributed by atoms with E-state index in [4.69, 9.17) is 4.74 Å². The van der Waals surface area contributed by atoms with Gasteiger partial charge in [0, 0.05) is 6.21 Å². The van der Waals surface area contributed by atoms with E-state index in [-0.39, 0.29) is 0 Å². The molecule has 0 aromatic rings. The molecule has 1 amide bonds. The minimum atomic E-state index is -0.505. The molecule has 15 heavy (non-hydrogen) atoms. The van der Waals surface area contributed by atoms with E-state index in [1.165, 1.54) is 12.8 Å². The summed E-state index contributed by atoms with van der Waals surface area (Å²) in [6, 6.07) is 0. The van der Waals surface area contributed by atoms with Gasteiger partial charge in [-0.2, -0.15) is 5.10 Å². The van der Waals surface area contributed by atoms with Crippen molar-refractivity contribution < 1.29 is 9.53 Å². The van der Waals surface area contributed by atoms with E-state index in [9.17, 15) is 4.79 Å². The third-order valence-electron chi connectivity index (χ3n) is 1.58. The van der Waals surface area contributed by atoms with Crippen LogP contribution in [0.4, 0.5) is 4.79 Å². The molecule has 88 valence electrons. The molecule has 0 radical (unpaired) electrons. The maximum Gasteiger partial charge on any atom is 0.428 e. The first kappa shape index (κ1) is 13.9. The lowest BCUT2D eigenvalue weighted by atomic mass is 10.2. The molecule has 0 aliphatic carbocycles. The molecule has 0 atom stereocenters. The van der Waals surface area contributed by atoms with Crippen LogP contribution in [0.15, 0.2) is 5.10 Å². The predicted octanol–water partition coefficient (Wildman–Crippen LogP) is 3.08. The molecule has 0 fully saturated rings. The summed E-state index contributed by atoms with van der Waals surface area (Å²) >= 11 is 0. The highest BCUT2D eigenvalue weighted by atomic mass is 16.6. The highest BCUT2D eigenvalue weighted by Crippen LogP contribution is 2.06. The number of nitrogens with zero attached hydrogens (tertiary/aromatic N) is 1. The van der Waals surface area contributed by atoms with Crippen LogP contribution >= 0.6 is 0 Å². The molecule has 0 aromatic carbocycles. The number of hydrogen-bond donors (Lipinski definition) is 1. The molecule has 0 aliphatic heterocycles. The third kappa shape index (κ3) is 10.9. The zero-order chi connectivity index (χ0) is 11.7. The van der Waals surface area contributed by atoms with E-state index in [2.05, 4.69) is 17.5 Å². The number of ether oxygens (including phenoxy) is 1. The van der Waals surface area contributed by atoms with Crippen molar-refractivity contribution in [3.05, 3.63) is 0 Å². The Kier molecular flexibility index (Phi) is 6.75. The largest absolute Gasteiger partial charge is 0.443 e. The van der Waals surface area contributed by atoms with Crippen LogP contribution in [0.25, 0.3) is 0 Å². The zero-order valence-electron chi connectivity index (χ0n) is 10.2. The lowest BCUT2D eigenvalue weighted by Gasteiger charge is -2.18. The van der Waals surface area contributed by atoms with E-state index in [0.717, 1.165) is 12.8 Å². The molecule has 1 N–H and O–H groups in total. The van der Waals surface area contributed by atoms with Crippen molar-refractivity contribution in [3.8, 4) is 0 Å². The molecule has 0 bridgehead atoms. The fourth-order valence-corrected chi connectivity index (χ4v) is 0.949. The molecule has 4 heteroatoms. The molecule has 0 unspecified atom stereocenters. The maximum absolute atomic E-state index is 11.1. The van der Waals surface area contributed by atoms with Crippen molar-refractivity contribution in [2.75, 3.05) is 0 Å². The van der Waals surface area contributed by atoms with Crippen LogP contribution in [-0.4, -0.2) is 17.9 Å². The van der Waals surface area contributed by atoms with Gasteiger partial charge in [0.1, 0.15) is 5.60 Å². The Balaban J connectivity index is 3.54. The minimum absolute atomic E-state index is 0.470. The summed E-state index contributed by atoms with van der Waals surface area (Å²) in [5, 5.41) is 3.78. The van der Waals surface area contributed by atoms with Crippen molar-refractivity contribution in [3.63, 3.8) is 0 Å². The van der Waals surface area contributed by atoms with Crippen molar-refractivity contribution >= 4 is 12.3 Å². The van der Waals surface area contributed by atoms with E-state index in [1.807, 2.05) is 20.8 Å². The second kappa shape index (κ2) is 7.26. The topological polar surface area (TPSA) is 50.7 Å². The van der Waals surface area contributed by atoms with Gasteiger partial charge in [0.25, 0.3) is 0 Å². The summed E-state index contributed by atoms with van der Waals surface area (Å²) in [6.45, 7) is 7.60. The Hall–Kier alpha value is -1.06. The summed E-state index contributed by atoms with van der Waals surface area (Å²) < 4.78 is 5.00. The van der Waals surface area contributed by atoms with Crippen LogP contribution in [-0.2, 0) is 4.74 Å². The number of carbonyl (C=O) groups is 1. The normalized spacial score (nSPS) is 11.7. The molecule has 0 aromatic heterocycles. The monoisotopic (exact) mass is 214 g/mol. The Bertz CT molecular complexity index is 207. The molecule has 0 saturated heterocycles. The fourth-order valence-electron chi connectivity index (χ4n) is 0.949. The number of amides is 1. The molecular formula is C11H22N2O2. The van der Waals surface area contributed by atoms with Crippen LogP contribution in [0.2, 0.25) is 0 Å². The van der Waals surface area contributed by atoms with Crippen LogP contribution in [0.1, 0.15) is 53.4 Å². The second-order valence-electron chi connectivity index (χ2n) is 4.42. The van der Waals surface area contributed by atoms with Gasteiger partial charge in [0.05, 0.1) is 0 Å². The zero-order valence-corrected chi connectivity index (χ0v) is 10.2. The molecular weight excluding hydrogens is 192 g/mol. The Morgan fingerprint density at radius 2 is 2.07 bits per heavy atom. The van der Waals surface area contributed by atoms with Gasteiger partial charge in [-0.1, -0.05) is 19.8 Å². The fraction of sp³-hybridized carbons (Fsp3) is 0.818. The van der Waals surface area contributed by atoms with Crippen LogP contribution < -0.4 is 5.43 Å². The number of unbranched alkanes of at least 4 members (excludes halogenated alkanes) is 3. The standard InChI is InChI=1S/C11H22N2O2/c1-5-6-7-8-9-12-13-10(14)15-11(2,3)4/h9H,5-8H2,1-4H3,(H,13,14)/b12-9-. The number of hydrogen-bond acceptors (Lipinski definition) is 3. The Labute approximate surface area is 92.1 Å². The quantitative estimate of drug-likeness (QED) is 0.434. The van der Waals surface area contributed by atoms with E-state index in [1.54, 1.807) is 6.21 Å². The number of carbonyl (C=O) groups excluding carboxylic acids is 1. The Morgan fingerprint density at radius 1 is 1.40 bits per heavy atom. The van der Waals surface area contributed by atoms with Crippen molar-refractivity contribution in [1.82, 2.24) is 5.43 Å². The van der Waals surface area contributed by atoms with Gasteiger partial charge in [-0.25, -0.2) is 10.2 Å². The van der Waals surface area contributed by atoms with Gasteiger partial charge < -0.3 is 4.74 Å². The van der Waals surface area contributed by atoms with Crippen LogP contribution in [0.5, 0.6) is 0 Å². The number of nitrogens with one attached hydrogen (secondary N) is 1. The smallest absolute Gasteiger partial charge is 0.428 e. The van der Waals surface area contributed by atoms with Crippen molar-refractivity contribution in [2.45, 2.75) is 59.0 Å². The molecule has 0 saturated carbocycles. The summed E-state index contributed by atoms with van der Waals surface area (Å²) in [4.78, 5) is 11.1. The minimum Gasteiger partial charge on any atom is -0.443 e. The van der Waals surface area contributed by atoms with E-state index >= 15 is 0 Å². The van der Waals surface area contributed by atoms with Crippen LogP contribution in [0, 0.1) is 0 Å². The molecule has 0 rings (SSSR count). The highest BCUT2D eigenvalue weighted by Gasteiger charge is 2.15. The summed E-state index contributed by atoms with van der Waals surface area (Å²) in [7, 11) is 0. The first-order chi connectivity index (χ1) is 6.95.